The van der Waals surface area contributed by atoms with E-state index in [4.69, 9.17) is 11.6 Å². The third kappa shape index (κ3) is 4.13. The van der Waals surface area contributed by atoms with Crippen molar-refractivity contribution in [3.05, 3.63) is 12.7 Å². The molecule has 4 heteroatoms. The monoisotopic (exact) mass is 190 g/mol. The fourth-order valence-corrected chi connectivity index (χ4v) is 0.545. The van der Waals surface area contributed by atoms with Gasteiger partial charge in [-0.15, -0.1) is 18.2 Å². The van der Waals surface area contributed by atoms with Crippen molar-refractivity contribution in [3.8, 4) is 0 Å². The topological polar surface area (TPSA) is 43.4 Å². The van der Waals surface area contributed by atoms with Gasteiger partial charge in [0.1, 0.15) is 0 Å². The molecule has 0 bridgehead atoms. The van der Waals surface area contributed by atoms with Crippen LogP contribution in [0.2, 0.25) is 0 Å². The maximum absolute atomic E-state index is 10.9. The Morgan fingerprint density at radius 1 is 1.67 bits per heavy atom. The standard InChI is InChI=1S/C8H11ClO3/c1-3-4-5-12-8(11)7(9)6(2)10/h3,7H,1,4-5H2,2H3. The summed E-state index contributed by atoms with van der Waals surface area (Å²) in [7, 11) is 0. The first-order valence-corrected chi connectivity index (χ1v) is 3.95. The Morgan fingerprint density at radius 3 is 2.67 bits per heavy atom. The highest BCUT2D eigenvalue weighted by Crippen LogP contribution is 2.00. The zero-order valence-electron chi connectivity index (χ0n) is 6.88. The van der Waals surface area contributed by atoms with Gasteiger partial charge in [0.2, 0.25) is 0 Å². The molecule has 0 spiro atoms. The lowest BCUT2D eigenvalue weighted by Crippen LogP contribution is -2.24. The predicted octanol–water partition coefficient (Wildman–Crippen LogP) is 1.30. The van der Waals surface area contributed by atoms with Crippen molar-refractivity contribution < 1.29 is 14.3 Å². The van der Waals surface area contributed by atoms with Gasteiger partial charge in [0.25, 0.3) is 0 Å². The van der Waals surface area contributed by atoms with Crippen molar-refractivity contribution in [2.45, 2.75) is 18.7 Å². The fourth-order valence-electron chi connectivity index (χ4n) is 0.482. The van der Waals surface area contributed by atoms with Crippen LogP contribution in [-0.2, 0) is 14.3 Å². The van der Waals surface area contributed by atoms with Gasteiger partial charge in [0.05, 0.1) is 6.61 Å². The molecule has 3 nitrogen and oxygen atoms in total. The van der Waals surface area contributed by atoms with Crippen LogP contribution in [0.1, 0.15) is 13.3 Å². The third-order valence-corrected chi connectivity index (χ3v) is 1.62. The molecule has 1 atom stereocenters. The Bertz CT molecular complexity index is 189. The van der Waals surface area contributed by atoms with Gasteiger partial charge in [0, 0.05) is 0 Å². The number of halogens is 1. The summed E-state index contributed by atoms with van der Waals surface area (Å²) in [6, 6.07) is 0. The Kier molecular flexibility index (Phi) is 5.37. The molecule has 1 unspecified atom stereocenters. The molecule has 0 saturated heterocycles. The molecule has 0 N–H and O–H groups in total. The van der Waals surface area contributed by atoms with Crippen LogP contribution in [0.3, 0.4) is 0 Å². The number of hydrogen-bond acceptors (Lipinski definition) is 3. The van der Waals surface area contributed by atoms with E-state index in [2.05, 4.69) is 11.3 Å². The van der Waals surface area contributed by atoms with Crippen LogP contribution < -0.4 is 0 Å². The molecule has 0 aliphatic heterocycles. The summed E-state index contributed by atoms with van der Waals surface area (Å²) < 4.78 is 4.64. The number of hydrogen-bond donors (Lipinski definition) is 0. The first-order valence-electron chi connectivity index (χ1n) is 3.51. The van der Waals surface area contributed by atoms with Crippen LogP contribution in [0, 0.1) is 0 Å². The molecule has 0 amide bonds. The van der Waals surface area contributed by atoms with E-state index < -0.39 is 17.1 Å². The first kappa shape index (κ1) is 11.2. The van der Waals surface area contributed by atoms with E-state index in [1.807, 2.05) is 0 Å². The summed E-state index contributed by atoms with van der Waals surface area (Å²) in [4.78, 5) is 21.4. The second-order valence-electron chi connectivity index (χ2n) is 2.22. The van der Waals surface area contributed by atoms with E-state index in [0.29, 0.717) is 6.42 Å². The molecule has 0 heterocycles. The molecule has 68 valence electrons. The zero-order chi connectivity index (χ0) is 9.56. The van der Waals surface area contributed by atoms with Crippen molar-refractivity contribution in [1.82, 2.24) is 0 Å². The molecule has 12 heavy (non-hydrogen) atoms. The van der Waals surface area contributed by atoms with Gasteiger partial charge in [-0.25, -0.2) is 4.79 Å². The third-order valence-electron chi connectivity index (χ3n) is 1.13. The summed E-state index contributed by atoms with van der Waals surface area (Å²) in [5.74, 6) is -1.09. The van der Waals surface area contributed by atoms with Gasteiger partial charge in [-0.3, -0.25) is 4.79 Å². The number of ether oxygens (including phenoxy) is 1. The number of ketones is 1. The number of Topliss-reactive ketones (excluding diaryl/α,β-unsaturated/α-hetero) is 1. The van der Waals surface area contributed by atoms with Crippen molar-refractivity contribution in [2.75, 3.05) is 6.61 Å². The van der Waals surface area contributed by atoms with E-state index >= 15 is 0 Å². The molecule has 0 saturated carbocycles. The van der Waals surface area contributed by atoms with E-state index in [1.54, 1.807) is 6.08 Å². The van der Waals surface area contributed by atoms with E-state index in [0.717, 1.165) is 0 Å². The van der Waals surface area contributed by atoms with E-state index in [-0.39, 0.29) is 6.61 Å². The van der Waals surface area contributed by atoms with Crippen LogP contribution in [-0.4, -0.2) is 23.7 Å². The lowest BCUT2D eigenvalue weighted by Gasteiger charge is -2.04. The lowest BCUT2D eigenvalue weighted by atomic mass is 10.3. The second-order valence-corrected chi connectivity index (χ2v) is 2.65. The zero-order valence-corrected chi connectivity index (χ0v) is 7.63. The average Bonchev–Trinajstić information content (AvgIpc) is 2.03. The van der Waals surface area contributed by atoms with Crippen LogP contribution >= 0.6 is 11.6 Å². The van der Waals surface area contributed by atoms with Gasteiger partial charge in [-0.05, 0) is 13.3 Å². The molecule has 0 aromatic rings. The maximum Gasteiger partial charge on any atom is 0.331 e. The molecular weight excluding hydrogens is 180 g/mol. The first-order chi connectivity index (χ1) is 5.59. The van der Waals surface area contributed by atoms with Gasteiger partial charge < -0.3 is 4.74 Å². The lowest BCUT2D eigenvalue weighted by molar-refractivity contribution is -0.145. The van der Waals surface area contributed by atoms with E-state index in [1.165, 1.54) is 6.92 Å². The summed E-state index contributed by atoms with van der Waals surface area (Å²) in [5, 5.41) is -1.17. The maximum atomic E-state index is 10.9. The Morgan fingerprint density at radius 2 is 2.25 bits per heavy atom. The molecule has 0 aliphatic carbocycles. The molecule has 0 aromatic carbocycles. The average molecular weight is 191 g/mol. The van der Waals surface area contributed by atoms with Gasteiger partial charge in [-0.1, -0.05) is 6.08 Å². The van der Waals surface area contributed by atoms with Crippen LogP contribution in [0.5, 0.6) is 0 Å². The molecule has 0 fully saturated rings. The van der Waals surface area contributed by atoms with Gasteiger partial charge >= 0.3 is 5.97 Å². The van der Waals surface area contributed by atoms with Crippen LogP contribution in [0.15, 0.2) is 12.7 Å². The molecule has 0 rings (SSSR count). The highest BCUT2D eigenvalue weighted by molar-refractivity contribution is 6.40. The van der Waals surface area contributed by atoms with Crippen molar-refractivity contribution in [3.63, 3.8) is 0 Å². The van der Waals surface area contributed by atoms with E-state index in [9.17, 15) is 9.59 Å². The summed E-state index contributed by atoms with van der Waals surface area (Å²) in [6.07, 6.45) is 2.18. The van der Waals surface area contributed by atoms with Crippen LogP contribution in [0.4, 0.5) is 0 Å². The second kappa shape index (κ2) is 5.77. The number of carbonyl (C=O) groups is 2. The SMILES string of the molecule is C=CCCOC(=O)C(Cl)C(C)=O. The molecule has 0 aromatic heterocycles. The number of esters is 1. The van der Waals surface area contributed by atoms with Crippen molar-refractivity contribution in [1.29, 1.82) is 0 Å². The van der Waals surface area contributed by atoms with Crippen LogP contribution in [0.25, 0.3) is 0 Å². The van der Waals surface area contributed by atoms with Crippen molar-refractivity contribution >= 4 is 23.4 Å². The Hall–Kier alpha value is -0.830. The number of rotatable bonds is 5. The number of alkyl halides is 1. The minimum atomic E-state index is -1.17. The molecule has 0 radical (unpaired) electrons. The van der Waals surface area contributed by atoms with Gasteiger partial charge in [-0.2, -0.15) is 0 Å². The quantitative estimate of drug-likeness (QED) is 0.216. The van der Waals surface area contributed by atoms with Gasteiger partial charge in [0.15, 0.2) is 11.2 Å². The fraction of sp³-hybridized carbons (Fsp3) is 0.500. The highest BCUT2D eigenvalue weighted by atomic mass is 35.5. The molecular formula is C8H11ClO3. The Balaban J connectivity index is 3.71. The summed E-state index contributed by atoms with van der Waals surface area (Å²) in [6.45, 7) is 4.91. The largest absolute Gasteiger partial charge is 0.464 e. The number of carbonyl (C=O) groups excluding carboxylic acids is 2. The summed E-state index contributed by atoms with van der Waals surface area (Å²) in [5.41, 5.74) is 0. The molecule has 0 aliphatic rings. The minimum Gasteiger partial charge on any atom is -0.464 e. The summed E-state index contributed by atoms with van der Waals surface area (Å²) >= 11 is 5.40. The Labute approximate surface area is 76.3 Å². The highest BCUT2D eigenvalue weighted by Gasteiger charge is 2.20. The smallest absolute Gasteiger partial charge is 0.331 e. The predicted molar refractivity (Wildman–Crippen MR) is 46.1 cm³/mol. The normalized spacial score (nSPS) is 11.8. The minimum absolute atomic E-state index is 0.221. The van der Waals surface area contributed by atoms with Crippen molar-refractivity contribution in [2.24, 2.45) is 0 Å².